The Labute approximate surface area is 251 Å². The lowest BCUT2D eigenvalue weighted by Gasteiger charge is -2.22. The van der Waals surface area contributed by atoms with Crippen molar-refractivity contribution in [1.29, 1.82) is 0 Å². The Bertz CT molecular complexity index is 1670. The summed E-state index contributed by atoms with van der Waals surface area (Å²) in [7, 11) is 3.31. The third-order valence-corrected chi connectivity index (χ3v) is 8.26. The van der Waals surface area contributed by atoms with Crippen molar-refractivity contribution in [3.63, 3.8) is 0 Å². The number of aromatic nitrogens is 4. The molecule has 3 N–H and O–H groups in total. The van der Waals surface area contributed by atoms with Crippen molar-refractivity contribution in [3.8, 4) is 11.5 Å². The number of methoxy groups -OCH3 is 2. The van der Waals surface area contributed by atoms with Crippen molar-refractivity contribution < 1.29 is 14.3 Å². The topological polar surface area (TPSA) is 106 Å². The number of nitrogens with zero attached hydrogens (tertiary/aromatic N) is 3. The molecule has 1 saturated heterocycles. The van der Waals surface area contributed by atoms with Gasteiger partial charge in [0.1, 0.15) is 17.3 Å². The lowest BCUT2D eigenvalue weighted by atomic mass is 10.0. The van der Waals surface area contributed by atoms with Gasteiger partial charge in [-0.15, -0.1) is 10.2 Å². The van der Waals surface area contributed by atoms with E-state index in [1.165, 1.54) is 5.56 Å². The van der Waals surface area contributed by atoms with Gasteiger partial charge in [0.05, 0.1) is 32.8 Å². The number of carbonyl (C=O) groups is 1. The van der Waals surface area contributed by atoms with Crippen LogP contribution in [0.25, 0.3) is 10.9 Å². The van der Waals surface area contributed by atoms with Gasteiger partial charge in [-0.25, -0.2) is 0 Å². The molecule has 0 bridgehead atoms. The number of fused-ring (bicyclic) bond motifs is 1. The molecule has 3 aromatic carbocycles. The van der Waals surface area contributed by atoms with E-state index in [-0.39, 0.29) is 11.9 Å². The van der Waals surface area contributed by atoms with Crippen LogP contribution in [0.3, 0.4) is 0 Å². The molecule has 6 rings (SSSR count). The van der Waals surface area contributed by atoms with Gasteiger partial charge in [-0.05, 0) is 55.1 Å². The molecule has 1 fully saturated rings. The van der Waals surface area contributed by atoms with Gasteiger partial charge >= 0.3 is 0 Å². The first kappa shape index (κ1) is 28.5. The van der Waals surface area contributed by atoms with Gasteiger partial charge in [-0.2, -0.15) is 0 Å². The number of hydrogen-bond donors (Lipinski definition) is 3. The molecule has 43 heavy (non-hydrogen) atoms. The first-order valence-corrected chi connectivity index (χ1v) is 14.9. The maximum Gasteiger partial charge on any atom is 0.237 e. The summed E-state index contributed by atoms with van der Waals surface area (Å²) in [5.41, 5.74) is 4.38. The fourth-order valence-electron chi connectivity index (χ4n) is 5.93. The number of para-hydroxylation sites is 1. The summed E-state index contributed by atoms with van der Waals surface area (Å²) in [4.78, 5) is 16.9. The molecule has 1 unspecified atom stereocenters. The van der Waals surface area contributed by atoms with Gasteiger partial charge in [0.2, 0.25) is 5.91 Å². The highest BCUT2D eigenvalue weighted by Gasteiger charge is 2.29. The highest BCUT2D eigenvalue weighted by Crippen LogP contribution is 2.29. The van der Waals surface area contributed by atoms with Crippen LogP contribution in [0, 0.1) is 0 Å². The van der Waals surface area contributed by atoms with Crippen molar-refractivity contribution in [2.75, 3.05) is 20.8 Å². The van der Waals surface area contributed by atoms with E-state index in [1.807, 2.05) is 42.6 Å². The van der Waals surface area contributed by atoms with Crippen LogP contribution in [-0.4, -0.2) is 52.5 Å². The van der Waals surface area contributed by atoms with Crippen LogP contribution >= 0.6 is 0 Å². The number of hydrogen-bond acceptors (Lipinski definition) is 6. The van der Waals surface area contributed by atoms with Crippen molar-refractivity contribution in [3.05, 3.63) is 107 Å². The number of H-pyrrole nitrogens is 1. The van der Waals surface area contributed by atoms with Crippen LogP contribution in [0.2, 0.25) is 0 Å². The Balaban J connectivity index is 1.39. The summed E-state index contributed by atoms with van der Waals surface area (Å²) < 4.78 is 13.3. The summed E-state index contributed by atoms with van der Waals surface area (Å²) in [6, 6.07) is 23.9. The lowest BCUT2D eigenvalue weighted by molar-refractivity contribution is -0.123. The highest BCUT2D eigenvalue weighted by atomic mass is 16.5. The molecule has 0 aliphatic carbocycles. The Morgan fingerprint density at radius 2 is 1.84 bits per heavy atom. The summed E-state index contributed by atoms with van der Waals surface area (Å²) >= 11 is 0. The maximum absolute atomic E-state index is 13.5. The SMILES string of the molecule is COc1ccc(Cn2c(CCc3ccccc3)nnc2C(Cc2c[nH]c3ccccc23)NC(=O)[C@H]2CCCN2)c(OC)c1. The normalized spacial score (nSPS) is 15.4. The van der Waals surface area contributed by atoms with Crippen molar-refractivity contribution in [1.82, 2.24) is 30.4 Å². The molecule has 9 nitrogen and oxygen atoms in total. The third-order valence-electron chi connectivity index (χ3n) is 8.26. The van der Waals surface area contributed by atoms with E-state index in [2.05, 4.69) is 56.6 Å². The van der Waals surface area contributed by atoms with Gasteiger partial charge in [0.25, 0.3) is 0 Å². The molecule has 1 aliphatic heterocycles. The summed E-state index contributed by atoms with van der Waals surface area (Å²) in [6.07, 6.45) is 5.93. The second-order valence-electron chi connectivity index (χ2n) is 11.0. The minimum Gasteiger partial charge on any atom is -0.497 e. The fraction of sp³-hybridized carbons (Fsp3) is 0.324. The quantitative estimate of drug-likeness (QED) is 0.197. The Morgan fingerprint density at radius 1 is 1.00 bits per heavy atom. The Morgan fingerprint density at radius 3 is 2.63 bits per heavy atom. The maximum atomic E-state index is 13.5. The molecule has 222 valence electrons. The smallest absolute Gasteiger partial charge is 0.237 e. The molecule has 5 aromatic rings. The van der Waals surface area contributed by atoms with Crippen molar-refractivity contribution in [2.45, 2.75) is 50.7 Å². The standard InChI is InChI=1S/C34H38N6O3/c1-42-26-16-15-24(31(20-26)43-2)22-40-32(17-14-23-9-4-3-5-10-23)38-39-33(40)30(37-34(41)29-13-8-18-35-29)19-25-21-36-28-12-7-6-11-27(25)28/h3-7,9-12,15-16,20-21,29-30,35-36H,8,13-14,17-19,22H2,1-2H3,(H,37,41)/t29-,30?/m1/s1. The van der Waals surface area contributed by atoms with E-state index < -0.39 is 6.04 Å². The van der Waals surface area contributed by atoms with Crippen LogP contribution in [0.5, 0.6) is 11.5 Å². The van der Waals surface area contributed by atoms with Gasteiger partial charge in [0.15, 0.2) is 5.82 Å². The first-order chi connectivity index (χ1) is 21.1. The Kier molecular flexibility index (Phi) is 8.70. The molecule has 0 radical (unpaired) electrons. The number of nitrogens with one attached hydrogen (secondary N) is 3. The zero-order chi connectivity index (χ0) is 29.6. The summed E-state index contributed by atoms with van der Waals surface area (Å²) in [5.74, 6) is 3.01. The summed E-state index contributed by atoms with van der Waals surface area (Å²) in [6.45, 7) is 1.34. The largest absolute Gasteiger partial charge is 0.497 e. The monoisotopic (exact) mass is 578 g/mol. The van der Waals surface area contributed by atoms with E-state index in [0.29, 0.717) is 19.4 Å². The van der Waals surface area contributed by atoms with Crippen LogP contribution in [-0.2, 0) is 30.6 Å². The van der Waals surface area contributed by atoms with Crippen LogP contribution in [0.4, 0.5) is 0 Å². The van der Waals surface area contributed by atoms with E-state index >= 15 is 0 Å². The van der Waals surface area contributed by atoms with E-state index in [9.17, 15) is 4.79 Å². The minimum absolute atomic E-state index is 0.00949. The molecule has 3 heterocycles. The lowest BCUT2D eigenvalue weighted by Crippen LogP contribution is -2.43. The molecule has 2 atom stereocenters. The molecular weight excluding hydrogens is 540 g/mol. The molecule has 2 aromatic heterocycles. The van der Waals surface area contributed by atoms with Gasteiger partial charge in [0, 0.05) is 41.6 Å². The zero-order valence-corrected chi connectivity index (χ0v) is 24.7. The van der Waals surface area contributed by atoms with Gasteiger partial charge in [-0.3, -0.25) is 4.79 Å². The minimum atomic E-state index is -0.392. The van der Waals surface area contributed by atoms with E-state index in [0.717, 1.165) is 71.0 Å². The number of benzene rings is 3. The van der Waals surface area contributed by atoms with E-state index in [1.54, 1.807) is 14.2 Å². The van der Waals surface area contributed by atoms with Crippen molar-refractivity contribution in [2.24, 2.45) is 0 Å². The average Bonchev–Trinajstić information content (AvgIpc) is 3.82. The first-order valence-electron chi connectivity index (χ1n) is 14.9. The number of rotatable bonds is 12. The third kappa shape index (κ3) is 6.41. The number of aromatic amines is 1. The Hall–Kier alpha value is -4.63. The van der Waals surface area contributed by atoms with Crippen molar-refractivity contribution >= 4 is 16.8 Å². The zero-order valence-electron chi connectivity index (χ0n) is 24.7. The molecule has 9 heteroatoms. The number of carbonyl (C=O) groups excluding carboxylic acids is 1. The predicted octanol–water partition coefficient (Wildman–Crippen LogP) is 4.76. The molecule has 1 aliphatic rings. The summed E-state index contributed by atoms with van der Waals surface area (Å²) in [5, 5.41) is 17.3. The number of aryl methyl sites for hydroxylation is 2. The fourth-order valence-corrected chi connectivity index (χ4v) is 5.93. The second-order valence-corrected chi connectivity index (χ2v) is 11.0. The average molecular weight is 579 g/mol. The number of amides is 1. The molecular formula is C34H38N6O3. The van der Waals surface area contributed by atoms with Crippen LogP contribution in [0.1, 0.15) is 47.2 Å². The molecule has 1 amide bonds. The second kappa shape index (κ2) is 13.1. The molecule has 0 spiro atoms. The predicted molar refractivity (Wildman–Crippen MR) is 166 cm³/mol. The highest BCUT2D eigenvalue weighted by molar-refractivity contribution is 5.84. The number of ether oxygens (including phenoxy) is 2. The van der Waals surface area contributed by atoms with Gasteiger partial charge in [-0.1, -0.05) is 48.5 Å². The van der Waals surface area contributed by atoms with Crippen LogP contribution in [0.15, 0.2) is 79.0 Å². The van der Waals surface area contributed by atoms with E-state index in [4.69, 9.17) is 19.7 Å². The molecule has 0 saturated carbocycles. The van der Waals surface area contributed by atoms with Gasteiger partial charge < -0.3 is 29.7 Å². The van der Waals surface area contributed by atoms with Crippen LogP contribution < -0.4 is 20.1 Å².